The number of esters is 1. The molecule has 0 aliphatic heterocycles. The van der Waals surface area contributed by atoms with Crippen LogP contribution in [0.2, 0.25) is 0 Å². The summed E-state index contributed by atoms with van der Waals surface area (Å²) in [6, 6.07) is -0.931. The molecule has 0 aromatic heterocycles. The van der Waals surface area contributed by atoms with Gasteiger partial charge in [0.05, 0.1) is 33.8 Å². The van der Waals surface area contributed by atoms with Crippen molar-refractivity contribution in [3.63, 3.8) is 0 Å². The second kappa shape index (κ2) is 61.3. The molecule has 1 amide bonds. The van der Waals surface area contributed by atoms with Crippen molar-refractivity contribution in [3.05, 3.63) is 85.1 Å². The maximum absolute atomic E-state index is 13.5. The normalized spacial score (nSPS) is 14.1. The van der Waals surface area contributed by atoms with Gasteiger partial charge in [0, 0.05) is 12.8 Å². The van der Waals surface area contributed by atoms with Crippen molar-refractivity contribution >= 4 is 19.7 Å². The van der Waals surface area contributed by atoms with Crippen LogP contribution in [0, 0.1) is 0 Å². The Hall–Kier alpha value is -2.81. The summed E-state index contributed by atoms with van der Waals surface area (Å²) in [6.07, 6.45) is 81.6. The van der Waals surface area contributed by atoms with Crippen molar-refractivity contribution in [2.24, 2.45) is 0 Å². The summed E-state index contributed by atoms with van der Waals surface area (Å²) in [4.78, 5) is 40.1. The summed E-state index contributed by atoms with van der Waals surface area (Å²) >= 11 is 0. The molecule has 0 spiro atoms. The van der Waals surface area contributed by atoms with Crippen molar-refractivity contribution < 1.29 is 37.3 Å². The van der Waals surface area contributed by atoms with Gasteiger partial charge in [0.25, 0.3) is 7.82 Å². The Morgan fingerprint density at radius 3 is 1.17 bits per heavy atom. The molecule has 0 heterocycles. The first kappa shape index (κ1) is 79.2. The molecule has 0 saturated heterocycles. The van der Waals surface area contributed by atoms with Gasteiger partial charge in [-0.15, -0.1) is 0 Å². The lowest BCUT2D eigenvalue weighted by Crippen LogP contribution is -2.47. The number of ether oxygens (including phenoxy) is 1. The van der Waals surface area contributed by atoms with E-state index in [1.54, 1.807) is 0 Å². The number of phosphoric ester groups is 1. The number of nitrogens with zero attached hydrogens (tertiary/aromatic N) is 1. The van der Waals surface area contributed by atoms with E-state index in [1.165, 1.54) is 193 Å². The first-order chi connectivity index (χ1) is 39.9. The van der Waals surface area contributed by atoms with Gasteiger partial charge in [0.15, 0.2) is 0 Å². The predicted molar refractivity (Wildman–Crippen MR) is 353 cm³/mol. The fraction of sp³-hybridized carbons (Fsp3) is 0.778. The molecule has 3 unspecified atom stereocenters. The highest BCUT2D eigenvalue weighted by atomic mass is 31.2. The van der Waals surface area contributed by atoms with Gasteiger partial charge in [-0.2, -0.15) is 0 Å². The molecule has 0 bridgehead atoms. The van der Waals surface area contributed by atoms with Gasteiger partial charge in [-0.25, -0.2) is 0 Å². The molecule has 1 N–H and O–H groups in total. The number of phosphoric acid groups is 1. The van der Waals surface area contributed by atoms with Gasteiger partial charge in [0.2, 0.25) is 5.91 Å². The van der Waals surface area contributed by atoms with E-state index in [2.05, 4.69) is 86.8 Å². The van der Waals surface area contributed by atoms with Crippen LogP contribution in [0.15, 0.2) is 85.1 Å². The van der Waals surface area contributed by atoms with Crippen LogP contribution in [0.1, 0.15) is 310 Å². The summed E-state index contributed by atoms with van der Waals surface area (Å²) in [5, 5.41) is 2.99. The molecule has 0 rings (SSSR count). The van der Waals surface area contributed by atoms with Crippen LogP contribution in [0.4, 0.5) is 0 Å². The fourth-order valence-electron chi connectivity index (χ4n) is 9.84. The van der Waals surface area contributed by atoms with Gasteiger partial charge in [-0.05, 0) is 70.3 Å². The van der Waals surface area contributed by atoms with E-state index >= 15 is 0 Å². The Morgan fingerprint density at radius 2 is 0.793 bits per heavy atom. The molecule has 0 fully saturated rings. The van der Waals surface area contributed by atoms with E-state index in [4.69, 9.17) is 13.8 Å². The first-order valence-corrected chi connectivity index (χ1v) is 35.9. The molecule has 0 aliphatic carbocycles. The number of quaternary nitrogens is 1. The summed E-state index contributed by atoms with van der Waals surface area (Å²) in [5.74, 6) is -0.631. The Balaban J connectivity index is 5.16. The largest absolute Gasteiger partial charge is 0.756 e. The van der Waals surface area contributed by atoms with Gasteiger partial charge in [-0.3, -0.25) is 14.2 Å². The van der Waals surface area contributed by atoms with Crippen LogP contribution >= 0.6 is 7.82 Å². The molecule has 476 valence electrons. The summed E-state index contributed by atoms with van der Waals surface area (Å²) in [5.41, 5.74) is 0. The summed E-state index contributed by atoms with van der Waals surface area (Å²) < 4.78 is 30.3. The highest BCUT2D eigenvalue weighted by molar-refractivity contribution is 7.45. The summed E-state index contributed by atoms with van der Waals surface area (Å²) in [6.45, 7) is 6.70. The Bertz CT molecular complexity index is 1680. The minimum Gasteiger partial charge on any atom is -0.756 e. The quantitative estimate of drug-likeness (QED) is 0.0212. The summed E-state index contributed by atoms with van der Waals surface area (Å²) in [7, 11) is 1.14. The van der Waals surface area contributed by atoms with E-state index < -0.39 is 26.6 Å². The minimum absolute atomic E-state index is 0.0377. The SMILES string of the molecule is CC/C=C\C/C=C\C/C=C\C/C=C\C/C=C\C/C=C\CCC(=O)NC(COP(=O)([O-])OCC[N+](C)(C)C)C(/C=C\CCCCCCCCCCCC)OC(=O)CCCCCCCCCCCCCCCCCCCCCCCCCCC. The van der Waals surface area contributed by atoms with Crippen LogP contribution in [0.5, 0.6) is 0 Å². The van der Waals surface area contributed by atoms with Crippen molar-refractivity contribution in [1.82, 2.24) is 5.32 Å². The van der Waals surface area contributed by atoms with Crippen LogP contribution < -0.4 is 10.2 Å². The first-order valence-electron chi connectivity index (χ1n) is 34.4. The number of carbonyl (C=O) groups is 2. The number of carbonyl (C=O) groups excluding carboxylic acids is 2. The number of likely N-dealkylation sites (N-methyl/N-ethyl adjacent to an activating group) is 1. The molecular formula is C72H131N2O7P. The van der Waals surface area contributed by atoms with Crippen molar-refractivity contribution in [3.8, 4) is 0 Å². The van der Waals surface area contributed by atoms with E-state index in [1.807, 2.05) is 45.4 Å². The van der Waals surface area contributed by atoms with E-state index in [-0.39, 0.29) is 31.3 Å². The second-order valence-corrected chi connectivity index (χ2v) is 25.7. The van der Waals surface area contributed by atoms with Gasteiger partial charge in [-0.1, -0.05) is 312 Å². The number of amides is 1. The molecule has 82 heavy (non-hydrogen) atoms. The molecule has 0 radical (unpaired) electrons. The molecule has 9 nitrogen and oxygen atoms in total. The molecule has 0 aliphatic rings. The van der Waals surface area contributed by atoms with E-state index in [0.29, 0.717) is 17.4 Å². The molecule has 0 aromatic rings. The molecule has 10 heteroatoms. The van der Waals surface area contributed by atoms with Gasteiger partial charge in [0.1, 0.15) is 19.3 Å². The lowest BCUT2D eigenvalue weighted by molar-refractivity contribution is -0.870. The van der Waals surface area contributed by atoms with Crippen molar-refractivity contribution in [1.29, 1.82) is 0 Å². The lowest BCUT2D eigenvalue weighted by Gasteiger charge is -2.30. The number of hydrogen-bond donors (Lipinski definition) is 1. The Morgan fingerprint density at radius 1 is 0.439 bits per heavy atom. The van der Waals surface area contributed by atoms with Crippen LogP contribution in [0.3, 0.4) is 0 Å². The number of nitrogens with one attached hydrogen (secondary N) is 1. The van der Waals surface area contributed by atoms with Gasteiger partial charge >= 0.3 is 5.97 Å². The molecular weight excluding hydrogens is 1040 g/mol. The third kappa shape index (κ3) is 61.7. The van der Waals surface area contributed by atoms with Crippen LogP contribution in [0.25, 0.3) is 0 Å². The monoisotopic (exact) mass is 1170 g/mol. The van der Waals surface area contributed by atoms with Crippen LogP contribution in [-0.2, 0) is 27.9 Å². The topological polar surface area (TPSA) is 114 Å². The minimum atomic E-state index is -4.72. The van der Waals surface area contributed by atoms with E-state index in [9.17, 15) is 19.0 Å². The average Bonchev–Trinajstić information content (AvgIpc) is 3.47. The maximum atomic E-state index is 13.5. The zero-order chi connectivity index (χ0) is 60.0. The van der Waals surface area contributed by atoms with E-state index in [0.717, 1.165) is 77.0 Å². The predicted octanol–water partition coefficient (Wildman–Crippen LogP) is 21.1. The lowest BCUT2D eigenvalue weighted by atomic mass is 10.0. The van der Waals surface area contributed by atoms with Crippen molar-refractivity contribution in [2.75, 3.05) is 40.9 Å². The molecule has 0 aromatic carbocycles. The number of unbranched alkanes of at least 4 members (excludes halogenated alkanes) is 34. The van der Waals surface area contributed by atoms with Crippen LogP contribution in [-0.4, -0.2) is 69.4 Å². The third-order valence-electron chi connectivity index (χ3n) is 15.1. The average molecular weight is 1170 g/mol. The number of rotatable bonds is 62. The smallest absolute Gasteiger partial charge is 0.306 e. The third-order valence-corrected chi connectivity index (χ3v) is 16.1. The number of allylic oxidation sites excluding steroid dienone is 13. The second-order valence-electron chi connectivity index (χ2n) is 24.3. The molecule has 0 saturated carbocycles. The van der Waals surface area contributed by atoms with Gasteiger partial charge < -0.3 is 28.5 Å². The Labute approximate surface area is 507 Å². The van der Waals surface area contributed by atoms with Crippen molar-refractivity contribution in [2.45, 2.75) is 322 Å². The zero-order valence-corrected chi connectivity index (χ0v) is 55.3. The highest BCUT2D eigenvalue weighted by Crippen LogP contribution is 2.38. The number of hydrogen-bond acceptors (Lipinski definition) is 7. The Kier molecular flexibility index (Phi) is 59.2. The highest BCUT2D eigenvalue weighted by Gasteiger charge is 2.27. The molecule has 3 atom stereocenters. The fourth-order valence-corrected chi connectivity index (χ4v) is 10.6. The zero-order valence-electron chi connectivity index (χ0n) is 54.4. The maximum Gasteiger partial charge on any atom is 0.306 e. The standard InChI is InChI=1S/C72H131N2O7P/c1-7-10-13-16-19-22-25-28-30-32-34-35-36-37-38-39-41-43-45-47-50-53-56-59-62-65-72(76)81-70(63-60-57-54-51-48-27-24-21-18-15-12-9-3)69(68-80-82(77,78)79-67-66-74(4,5)6)73-71(75)64-61-58-55-52-49-46-44-42-40-33-31-29-26-23-20-17-14-11-8-2/h11,14,20,23,29,31,40,42,46,49,55,58,60,63,69-70H,7-10,12-13,15-19,21-22,24-28,30,32-39,41,43-45,47-48,50-54,56-57,59,61-62,64-68H2,1-6H3,(H-,73,75,77,78)/b14-11-,23-20-,31-29-,42-40-,49-46-,58-55-,63-60-.